The van der Waals surface area contributed by atoms with Gasteiger partial charge in [0.05, 0.1) is 37.1 Å². The normalized spacial score (nSPS) is 19.7. The fraction of sp³-hybridized carbons (Fsp3) is 0.370. The zero-order chi connectivity index (χ0) is 28.6. The van der Waals surface area contributed by atoms with Gasteiger partial charge in [-0.05, 0) is 55.4 Å². The lowest BCUT2D eigenvalue weighted by molar-refractivity contribution is -0.134. The number of carbonyl (C=O) groups excluding carboxylic acids is 1. The van der Waals surface area contributed by atoms with E-state index in [0.717, 1.165) is 21.2 Å². The SMILES string of the molecule is COc1ncc(-c2cc(C3CC3c3ccc4c(c3)N(CC(F)(F)F)C(=O)C4(C)C)c3ncc(F)n3n2)c(OC)n1. The van der Waals surface area contributed by atoms with E-state index in [9.17, 15) is 22.4 Å². The topological polar surface area (TPSA) is 94.7 Å². The molecule has 4 aromatic rings. The number of anilines is 1. The molecule has 6 rings (SSSR count). The van der Waals surface area contributed by atoms with Crippen LogP contribution in [-0.2, 0) is 10.2 Å². The molecule has 1 aromatic carbocycles. The van der Waals surface area contributed by atoms with Crippen molar-refractivity contribution in [2.24, 2.45) is 0 Å². The lowest BCUT2D eigenvalue weighted by Crippen LogP contribution is -2.41. The molecular weight excluding hydrogens is 532 g/mol. The van der Waals surface area contributed by atoms with Gasteiger partial charge >= 0.3 is 12.2 Å². The Bertz CT molecular complexity index is 1670. The van der Waals surface area contributed by atoms with E-state index >= 15 is 0 Å². The molecule has 9 nitrogen and oxygen atoms in total. The molecule has 2 atom stereocenters. The van der Waals surface area contributed by atoms with Gasteiger partial charge in [-0.2, -0.15) is 32.2 Å². The van der Waals surface area contributed by atoms with Gasteiger partial charge in [0.15, 0.2) is 5.65 Å². The zero-order valence-corrected chi connectivity index (χ0v) is 22.0. The number of hydrogen-bond acceptors (Lipinski definition) is 7. The summed E-state index contributed by atoms with van der Waals surface area (Å²) in [5.41, 5.74) is 2.34. The van der Waals surface area contributed by atoms with E-state index in [2.05, 4.69) is 20.1 Å². The van der Waals surface area contributed by atoms with Crippen molar-refractivity contribution in [3.8, 4) is 23.1 Å². The van der Waals surface area contributed by atoms with Crippen molar-refractivity contribution >= 4 is 17.2 Å². The number of rotatable bonds is 6. The van der Waals surface area contributed by atoms with E-state index in [1.165, 1.54) is 20.4 Å². The van der Waals surface area contributed by atoms with Crippen LogP contribution in [-0.4, -0.2) is 57.4 Å². The highest BCUT2D eigenvalue weighted by molar-refractivity contribution is 6.07. The molecule has 0 N–H and O–H groups in total. The van der Waals surface area contributed by atoms with Gasteiger partial charge in [0.1, 0.15) is 6.54 Å². The first kappa shape index (κ1) is 26.0. The molecule has 0 bridgehead atoms. The first-order valence-electron chi connectivity index (χ1n) is 12.5. The van der Waals surface area contributed by atoms with E-state index in [1.807, 2.05) is 6.07 Å². The maximum Gasteiger partial charge on any atom is 0.406 e. The number of nitrogens with zero attached hydrogens (tertiary/aromatic N) is 6. The summed E-state index contributed by atoms with van der Waals surface area (Å²) in [4.78, 5) is 26.2. The van der Waals surface area contributed by atoms with Crippen LogP contribution in [0.25, 0.3) is 16.9 Å². The molecular formula is C27H24F4N6O3. The Balaban J connectivity index is 1.40. The Morgan fingerprint density at radius 1 is 1.07 bits per heavy atom. The molecule has 1 aliphatic heterocycles. The minimum atomic E-state index is -4.54. The van der Waals surface area contributed by atoms with Crippen LogP contribution < -0.4 is 14.4 Å². The third-order valence-electron chi connectivity index (χ3n) is 7.56. The number of methoxy groups -OCH3 is 2. The smallest absolute Gasteiger partial charge is 0.406 e. The maximum absolute atomic E-state index is 14.7. The Hall–Kier alpha value is -4.29. The van der Waals surface area contributed by atoms with Gasteiger partial charge in [0.2, 0.25) is 17.7 Å². The molecule has 0 saturated heterocycles. The summed E-state index contributed by atoms with van der Waals surface area (Å²) in [6, 6.07) is 7.12. The summed E-state index contributed by atoms with van der Waals surface area (Å²) in [6.07, 6.45) is -1.34. The van der Waals surface area contributed by atoms with Crippen molar-refractivity contribution in [2.75, 3.05) is 25.7 Å². The number of alkyl halides is 3. The minimum Gasteiger partial charge on any atom is -0.480 e. The number of amides is 1. The van der Waals surface area contributed by atoms with Crippen molar-refractivity contribution < 1.29 is 31.8 Å². The van der Waals surface area contributed by atoms with Crippen molar-refractivity contribution in [2.45, 2.75) is 43.7 Å². The van der Waals surface area contributed by atoms with Crippen LogP contribution in [0.4, 0.5) is 23.2 Å². The lowest BCUT2D eigenvalue weighted by atomic mass is 9.85. The molecule has 0 radical (unpaired) electrons. The standard InChI is InChI=1S/C27H24F4N6O3/c1-26(2)18-6-5-13(7-20(18)36(24(26)38)12-27(29,30)31)14-8-15(14)16-9-19(35-37-21(28)11-32-22(16)37)17-10-33-25(40-4)34-23(17)39-3/h5-7,9-11,14-15H,8,12H2,1-4H3. The van der Waals surface area contributed by atoms with Crippen LogP contribution in [0.15, 0.2) is 36.7 Å². The van der Waals surface area contributed by atoms with Crippen LogP contribution >= 0.6 is 0 Å². The second kappa shape index (κ2) is 8.86. The van der Waals surface area contributed by atoms with Gasteiger partial charge in [-0.3, -0.25) is 4.79 Å². The van der Waals surface area contributed by atoms with Crippen LogP contribution in [0.2, 0.25) is 0 Å². The third kappa shape index (κ3) is 4.11. The molecule has 13 heteroatoms. The van der Waals surface area contributed by atoms with Gasteiger partial charge in [0.25, 0.3) is 0 Å². The van der Waals surface area contributed by atoms with Crippen molar-refractivity contribution in [3.05, 3.63) is 59.3 Å². The largest absolute Gasteiger partial charge is 0.480 e. The van der Waals surface area contributed by atoms with Crippen molar-refractivity contribution in [1.82, 2.24) is 24.6 Å². The fourth-order valence-corrected chi connectivity index (χ4v) is 5.49. The first-order valence-corrected chi connectivity index (χ1v) is 12.5. The number of halogens is 4. The number of carbonyl (C=O) groups is 1. The van der Waals surface area contributed by atoms with Crippen molar-refractivity contribution in [3.63, 3.8) is 0 Å². The molecule has 1 amide bonds. The molecule has 4 heterocycles. The molecule has 1 aliphatic carbocycles. The highest BCUT2D eigenvalue weighted by Gasteiger charge is 2.49. The molecule has 2 aliphatic rings. The first-order chi connectivity index (χ1) is 18.9. The van der Waals surface area contributed by atoms with Crippen LogP contribution in [0.3, 0.4) is 0 Å². The van der Waals surface area contributed by atoms with E-state index in [1.54, 1.807) is 32.0 Å². The molecule has 2 unspecified atom stereocenters. The summed E-state index contributed by atoms with van der Waals surface area (Å²) in [6.45, 7) is 1.90. The van der Waals surface area contributed by atoms with E-state index in [0.29, 0.717) is 34.5 Å². The Morgan fingerprint density at radius 2 is 1.85 bits per heavy atom. The van der Waals surface area contributed by atoms with Crippen LogP contribution in [0.1, 0.15) is 48.8 Å². The molecule has 1 fully saturated rings. The number of benzene rings is 1. The van der Waals surface area contributed by atoms with Gasteiger partial charge < -0.3 is 14.4 Å². The Kier molecular flexibility index (Phi) is 5.75. The van der Waals surface area contributed by atoms with Gasteiger partial charge in [-0.15, -0.1) is 0 Å². The second-order valence-electron chi connectivity index (χ2n) is 10.4. The Labute approximate surface area is 225 Å². The lowest BCUT2D eigenvalue weighted by Gasteiger charge is -2.21. The van der Waals surface area contributed by atoms with E-state index in [-0.39, 0.29) is 29.4 Å². The number of ether oxygens (including phenoxy) is 2. The Morgan fingerprint density at radius 3 is 2.55 bits per heavy atom. The molecule has 0 spiro atoms. The summed E-state index contributed by atoms with van der Waals surface area (Å²) < 4.78 is 66.3. The van der Waals surface area contributed by atoms with Crippen LogP contribution in [0, 0.1) is 5.95 Å². The third-order valence-corrected chi connectivity index (χ3v) is 7.56. The second-order valence-corrected chi connectivity index (χ2v) is 10.4. The summed E-state index contributed by atoms with van der Waals surface area (Å²) in [5, 5.41) is 4.38. The van der Waals surface area contributed by atoms with Gasteiger partial charge in [-0.1, -0.05) is 12.1 Å². The quantitative estimate of drug-likeness (QED) is 0.315. The average Bonchev–Trinajstić information content (AvgIpc) is 3.61. The minimum absolute atomic E-state index is 0.0790. The number of aromatic nitrogens is 5. The summed E-state index contributed by atoms with van der Waals surface area (Å²) >= 11 is 0. The molecule has 3 aromatic heterocycles. The maximum atomic E-state index is 14.7. The van der Waals surface area contributed by atoms with Gasteiger partial charge in [-0.25, -0.2) is 9.97 Å². The highest BCUT2D eigenvalue weighted by Crippen LogP contribution is 2.57. The molecule has 1 saturated carbocycles. The van der Waals surface area contributed by atoms with Crippen molar-refractivity contribution in [1.29, 1.82) is 0 Å². The van der Waals surface area contributed by atoms with Crippen LogP contribution in [0.5, 0.6) is 11.9 Å². The van der Waals surface area contributed by atoms with E-state index in [4.69, 9.17) is 9.47 Å². The predicted molar refractivity (Wildman–Crippen MR) is 135 cm³/mol. The predicted octanol–water partition coefficient (Wildman–Crippen LogP) is 4.80. The molecule has 208 valence electrons. The van der Waals surface area contributed by atoms with E-state index < -0.39 is 30.0 Å². The number of imidazole rings is 1. The highest BCUT2D eigenvalue weighted by atomic mass is 19.4. The molecule has 40 heavy (non-hydrogen) atoms. The summed E-state index contributed by atoms with van der Waals surface area (Å²) in [5.74, 6) is -1.26. The number of fused-ring (bicyclic) bond motifs is 2. The summed E-state index contributed by atoms with van der Waals surface area (Å²) in [7, 11) is 2.85. The fourth-order valence-electron chi connectivity index (χ4n) is 5.49. The van der Waals surface area contributed by atoms with Gasteiger partial charge in [0, 0.05) is 17.4 Å². The monoisotopic (exact) mass is 556 g/mol. The zero-order valence-electron chi connectivity index (χ0n) is 22.0. The average molecular weight is 557 g/mol. The number of hydrogen-bond donors (Lipinski definition) is 0.